The molecule has 0 unspecified atom stereocenters. The second-order valence-corrected chi connectivity index (χ2v) is 11.2. The molecular weight excluding hydrogens is 618 g/mol. The minimum Gasteiger partial charge on any atom is -0.326 e. The van der Waals surface area contributed by atoms with Crippen LogP contribution >= 0.6 is 31.9 Å². The number of halogens is 2. The number of nitrogens with zero attached hydrogens (tertiary/aromatic N) is 3. The number of Topliss-reactive ketones (excluding diaryl/α,β-unsaturated/α-hetero) is 2. The quantitative estimate of drug-likeness (QED) is 0.145. The standard InChI is InChI=1S/C32H19Br2N3O2/c1-36-28-17-22(37(21-10-6-3-7-11-21)32(28)35-31(36)18-8-4-2-5-9-18)16-25-29(38)23-12-19-14-26(33)27(34)15-20(19)13-24(23)30(25)39/h2-17H,1H3. The number of hydrogen-bond donors (Lipinski definition) is 0. The average Bonchev–Trinajstić information content (AvgIpc) is 3.54. The molecule has 0 amide bonds. The molecule has 39 heavy (non-hydrogen) atoms. The lowest BCUT2D eigenvalue weighted by atomic mass is 10.0. The van der Waals surface area contributed by atoms with Gasteiger partial charge in [0.25, 0.3) is 0 Å². The zero-order valence-corrected chi connectivity index (χ0v) is 23.8. The first-order chi connectivity index (χ1) is 18.9. The zero-order chi connectivity index (χ0) is 26.8. The lowest BCUT2D eigenvalue weighted by Gasteiger charge is -2.08. The predicted molar refractivity (Wildman–Crippen MR) is 161 cm³/mol. The summed E-state index contributed by atoms with van der Waals surface area (Å²) in [7, 11) is 1.98. The van der Waals surface area contributed by atoms with Gasteiger partial charge in [-0.15, -0.1) is 0 Å². The van der Waals surface area contributed by atoms with Gasteiger partial charge in [0.2, 0.25) is 0 Å². The molecule has 0 saturated heterocycles. The third kappa shape index (κ3) is 3.76. The second kappa shape index (κ2) is 9.00. The van der Waals surface area contributed by atoms with E-state index in [1.165, 1.54) is 0 Å². The molecule has 5 nitrogen and oxygen atoms in total. The fourth-order valence-electron chi connectivity index (χ4n) is 5.29. The van der Waals surface area contributed by atoms with Gasteiger partial charge in [0.1, 0.15) is 5.82 Å². The Morgan fingerprint density at radius 2 is 1.31 bits per heavy atom. The fourth-order valence-corrected chi connectivity index (χ4v) is 6.01. The van der Waals surface area contributed by atoms with Gasteiger partial charge in [-0.3, -0.25) is 14.2 Å². The van der Waals surface area contributed by atoms with Crippen molar-refractivity contribution in [3.8, 4) is 17.1 Å². The molecule has 1 aliphatic rings. The number of benzene rings is 4. The number of carbonyl (C=O) groups excluding carboxylic acids is 2. The van der Waals surface area contributed by atoms with Crippen molar-refractivity contribution in [2.45, 2.75) is 0 Å². The number of ketones is 2. The van der Waals surface area contributed by atoms with Gasteiger partial charge in [-0.2, -0.15) is 0 Å². The Labute approximate surface area is 240 Å². The van der Waals surface area contributed by atoms with Crippen molar-refractivity contribution < 1.29 is 9.59 Å². The summed E-state index contributed by atoms with van der Waals surface area (Å²) in [6.07, 6.45) is 1.71. The summed E-state index contributed by atoms with van der Waals surface area (Å²) in [5, 5.41) is 1.78. The Balaban J connectivity index is 1.42. The van der Waals surface area contributed by atoms with Crippen LogP contribution in [0, 0.1) is 0 Å². The third-order valence-corrected chi connectivity index (χ3v) is 9.05. The van der Waals surface area contributed by atoms with Gasteiger partial charge in [0, 0.05) is 38.4 Å². The molecule has 7 rings (SSSR count). The Morgan fingerprint density at radius 1 is 0.744 bits per heavy atom. The molecule has 4 aromatic carbocycles. The van der Waals surface area contributed by atoms with E-state index < -0.39 is 0 Å². The number of fused-ring (bicyclic) bond motifs is 3. The highest BCUT2D eigenvalue weighted by atomic mass is 79.9. The molecule has 0 bridgehead atoms. The predicted octanol–water partition coefficient (Wildman–Crippen LogP) is 8.17. The Kier molecular flexibility index (Phi) is 5.54. The monoisotopic (exact) mass is 635 g/mol. The van der Waals surface area contributed by atoms with Gasteiger partial charge in [0.15, 0.2) is 17.2 Å². The first-order valence-corrected chi connectivity index (χ1v) is 13.9. The highest BCUT2D eigenvalue weighted by Crippen LogP contribution is 2.36. The number of imidazole rings is 1. The maximum Gasteiger partial charge on any atom is 0.197 e. The first kappa shape index (κ1) is 24.0. The van der Waals surface area contributed by atoms with Gasteiger partial charge in [-0.1, -0.05) is 48.5 Å². The number of carbonyl (C=O) groups is 2. The molecule has 2 aromatic heterocycles. The third-order valence-electron chi connectivity index (χ3n) is 7.21. The van der Waals surface area contributed by atoms with Crippen molar-refractivity contribution in [1.82, 2.24) is 14.1 Å². The highest BCUT2D eigenvalue weighted by molar-refractivity contribution is 9.13. The molecule has 7 heteroatoms. The summed E-state index contributed by atoms with van der Waals surface area (Å²) in [5.74, 6) is 0.311. The molecule has 0 saturated carbocycles. The van der Waals surface area contributed by atoms with E-state index in [9.17, 15) is 9.59 Å². The van der Waals surface area contributed by atoms with Crippen molar-refractivity contribution in [3.05, 3.63) is 122 Å². The fraction of sp³-hybridized carbons (Fsp3) is 0.0312. The SMILES string of the molecule is Cn1c(-c2ccccc2)nc2c1cc(C=C1C(=O)c3cc4cc(Br)c(Br)cc4cc3C1=O)n2-c1ccccc1. The summed E-state index contributed by atoms with van der Waals surface area (Å²) in [4.78, 5) is 32.2. The minimum atomic E-state index is -0.265. The summed E-state index contributed by atoms with van der Waals surface area (Å²) in [6.45, 7) is 0. The normalized spacial score (nSPS) is 13.1. The molecular formula is C32H19Br2N3O2. The lowest BCUT2D eigenvalue weighted by molar-refractivity contribution is 0.0990. The molecule has 2 heterocycles. The van der Waals surface area contributed by atoms with E-state index in [-0.39, 0.29) is 17.1 Å². The van der Waals surface area contributed by atoms with E-state index in [4.69, 9.17) is 4.98 Å². The van der Waals surface area contributed by atoms with Crippen LogP contribution in [-0.4, -0.2) is 25.7 Å². The van der Waals surface area contributed by atoms with Crippen molar-refractivity contribution in [2.75, 3.05) is 0 Å². The van der Waals surface area contributed by atoms with E-state index in [0.29, 0.717) is 16.8 Å². The van der Waals surface area contributed by atoms with Crippen LogP contribution in [0.25, 0.3) is 45.1 Å². The average molecular weight is 637 g/mol. The minimum absolute atomic E-state index is 0.154. The van der Waals surface area contributed by atoms with Gasteiger partial charge in [-0.05, 0) is 91.2 Å². The lowest BCUT2D eigenvalue weighted by Crippen LogP contribution is -2.03. The number of para-hydroxylation sites is 1. The van der Waals surface area contributed by atoms with Crippen LogP contribution in [0.1, 0.15) is 26.4 Å². The van der Waals surface area contributed by atoms with E-state index in [2.05, 4.69) is 31.9 Å². The molecule has 6 aromatic rings. The van der Waals surface area contributed by atoms with Crippen molar-refractivity contribution in [1.29, 1.82) is 0 Å². The van der Waals surface area contributed by atoms with E-state index in [0.717, 1.165) is 48.0 Å². The largest absolute Gasteiger partial charge is 0.326 e. The zero-order valence-electron chi connectivity index (χ0n) is 20.7. The van der Waals surface area contributed by atoms with Crippen LogP contribution < -0.4 is 0 Å². The van der Waals surface area contributed by atoms with Gasteiger partial charge in [0.05, 0.1) is 16.8 Å². The van der Waals surface area contributed by atoms with E-state index in [1.807, 2.05) is 107 Å². The van der Waals surface area contributed by atoms with Crippen LogP contribution in [0.5, 0.6) is 0 Å². The van der Waals surface area contributed by atoms with Crippen LogP contribution in [-0.2, 0) is 7.05 Å². The molecule has 0 atom stereocenters. The number of hydrogen-bond acceptors (Lipinski definition) is 3. The Bertz CT molecular complexity index is 1960. The van der Waals surface area contributed by atoms with Crippen LogP contribution in [0.2, 0.25) is 0 Å². The molecule has 0 radical (unpaired) electrons. The van der Waals surface area contributed by atoms with Gasteiger partial charge >= 0.3 is 0 Å². The van der Waals surface area contributed by atoms with Crippen LogP contribution in [0.4, 0.5) is 0 Å². The van der Waals surface area contributed by atoms with Crippen molar-refractivity contribution >= 4 is 71.4 Å². The van der Waals surface area contributed by atoms with Crippen molar-refractivity contribution in [2.24, 2.45) is 7.05 Å². The topological polar surface area (TPSA) is 56.9 Å². The number of aryl methyl sites for hydroxylation is 1. The molecule has 0 N–H and O–H groups in total. The van der Waals surface area contributed by atoms with E-state index >= 15 is 0 Å². The number of rotatable bonds is 3. The number of aromatic nitrogens is 3. The Hall–Kier alpha value is -4.07. The molecule has 188 valence electrons. The van der Waals surface area contributed by atoms with Gasteiger partial charge in [-0.25, -0.2) is 4.98 Å². The second-order valence-electron chi connectivity index (χ2n) is 9.54. The summed E-state index contributed by atoms with van der Waals surface area (Å²) in [5.41, 5.74) is 5.30. The van der Waals surface area contributed by atoms with Gasteiger partial charge < -0.3 is 4.57 Å². The van der Waals surface area contributed by atoms with Crippen LogP contribution in [0.3, 0.4) is 0 Å². The smallest absolute Gasteiger partial charge is 0.197 e. The van der Waals surface area contributed by atoms with Crippen molar-refractivity contribution in [3.63, 3.8) is 0 Å². The summed E-state index contributed by atoms with van der Waals surface area (Å²) < 4.78 is 5.82. The Morgan fingerprint density at radius 3 is 1.90 bits per heavy atom. The first-order valence-electron chi connectivity index (χ1n) is 12.3. The summed E-state index contributed by atoms with van der Waals surface area (Å²) in [6, 6.07) is 29.4. The maximum absolute atomic E-state index is 13.6. The molecule has 0 fully saturated rings. The molecule has 1 aliphatic carbocycles. The highest BCUT2D eigenvalue weighted by Gasteiger charge is 2.34. The van der Waals surface area contributed by atoms with Crippen LogP contribution in [0.15, 0.2) is 106 Å². The maximum atomic E-state index is 13.6. The van der Waals surface area contributed by atoms with E-state index in [1.54, 1.807) is 6.08 Å². The summed E-state index contributed by atoms with van der Waals surface area (Å²) >= 11 is 7.06. The molecule has 0 spiro atoms. The molecule has 0 aliphatic heterocycles. The number of allylic oxidation sites excluding steroid dienone is 1.